The van der Waals surface area contributed by atoms with Crippen LogP contribution in [-0.2, 0) is 11.0 Å². The van der Waals surface area contributed by atoms with Gasteiger partial charge in [-0.05, 0) is 73.7 Å². The molecule has 9 heteroatoms. The van der Waals surface area contributed by atoms with E-state index in [9.17, 15) is 18.0 Å². The molecular formula is C23H16ClF3N2O3. The van der Waals surface area contributed by atoms with Gasteiger partial charge < -0.3 is 14.8 Å². The summed E-state index contributed by atoms with van der Waals surface area (Å²) in [6.07, 6.45) is -5.57. The zero-order chi connectivity index (χ0) is 23.3. The Morgan fingerprint density at radius 1 is 1.00 bits per heavy atom. The Bertz CT molecular complexity index is 1140. The number of amides is 1. The van der Waals surface area contributed by atoms with Crippen molar-refractivity contribution in [3.05, 3.63) is 82.9 Å². The molecule has 0 saturated heterocycles. The number of nitrogens with one attached hydrogen (secondary N) is 1. The molecule has 1 atom stereocenters. The van der Waals surface area contributed by atoms with Gasteiger partial charge in [-0.3, -0.25) is 4.79 Å². The Labute approximate surface area is 187 Å². The van der Waals surface area contributed by atoms with Crippen molar-refractivity contribution in [1.82, 2.24) is 0 Å². The fraction of sp³-hybridized carbons (Fsp3) is 0.130. The first-order chi connectivity index (χ1) is 15.2. The predicted octanol–water partition coefficient (Wildman–Crippen LogP) is 6.43. The summed E-state index contributed by atoms with van der Waals surface area (Å²) in [6, 6.07) is 17.7. The van der Waals surface area contributed by atoms with E-state index in [0.717, 1.165) is 18.2 Å². The minimum Gasteiger partial charge on any atom is -0.481 e. The number of hydrogen-bond acceptors (Lipinski definition) is 4. The first-order valence-electron chi connectivity index (χ1n) is 9.28. The van der Waals surface area contributed by atoms with Gasteiger partial charge in [0, 0.05) is 0 Å². The standard InChI is InChI=1S/C23H16ClF3N2O3/c1-14(22(30)29-21-12-16(23(25,26)27)4-11-20(21)24)31-17-7-9-19(10-8-17)32-18-5-2-15(13-28)3-6-18/h2-12,14H,1H3,(H,29,30). The first kappa shape index (κ1) is 23.0. The number of benzene rings is 3. The molecule has 0 aromatic heterocycles. The average Bonchev–Trinajstić information content (AvgIpc) is 2.76. The van der Waals surface area contributed by atoms with Crippen LogP contribution in [0.15, 0.2) is 66.7 Å². The summed E-state index contributed by atoms with van der Waals surface area (Å²) in [5.41, 5.74) is -0.573. The summed E-state index contributed by atoms with van der Waals surface area (Å²) >= 11 is 5.90. The van der Waals surface area contributed by atoms with Gasteiger partial charge in [0.2, 0.25) is 0 Å². The highest BCUT2D eigenvalue weighted by molar-refractivity contribution is 6.33. The highest BCUT2D eigenvalue weighted by atomic mass is 35.5. The van der Waals surface area contributed by atoms with E-state index >= 15 is 0 Å². The van der Waals surface area contributed by atoms with Crippen LogP contribution in [0.2, 0.25) is 5.02 Å². The van der Waals surface area contributed by atoms with Crippen molar-refractivity contribution in [2.45, 2.75) is 19.2 Å². The van der Waals surface area contributed by atoms with Gasteiger partial charge in [-0.25, -0.2) is 0 Å². The molecule has 5 nitrogen and oxygen atoms in total. The number of ether oxygens (including phenoxy) is 2. The second-order valence-electron chi connectivity index (χ2n) is 6.65. The molecular weight excluding hydrogens is 445 g/mol. The van der Waals surface area contributed by atoms with Crippen molar-refractivity contribution in [2.24, 2.45) is 0 Å². The van der Waals surface area contributed by atoms with Crippen molar-refractivity contribution < 1.29 is 27.4 Å². The smallest absolute Gasteiger partial charge is 0.416 e. The number of anilines is 1. The predicted molar refractivity (Wildman–Crippen MR) is 113 cm³/mol. The van der Waals surface area contributed by atoms with Crippen LogP contribution in [-0.4, -0.2) is 12.0 Å². The monoisotopic (exact) mass is 460 g/mol. The van der Waals surface area contributed by atoms with E-state index in [0.29, 0.717) is 22.8 Å². The SMILES string of the molecule is CC(Oc1ccc(Oc2ccc(C#N)cc2)cc1)C(=O)Nc1cc(C(F)(F)F)ccc1Cl. The number of carbonyl (C=O) groups excluding carboxylic acids is 1. The molecule has 1 N–H and O–H groups in total. The van der Waals surface area contributed by atoms with E-state index in [1.807, 2.05) is 6.07 Å². The fourth-order valence-corrected chi connectivity index (χ4v) is 2.77. The van der Waals surface area contributed by atoms with E-state index in [4.69, 9.17) is 26.3 Å². The Morgan fingerprint density at radius 2 is 1.56 bits per heavy atom. The van der Waals surface area contributed by atoms with Crippen LogP contribution in [0.5, 0.6) is 17.2 Å². The zero-order valence-electron chi connectivity index (χ0n) is 16.6. The van der Waals surface area contributed by atoms with E-state index in [2.05, 4.69) is 5.32 Å². The molecule has 0 aliphatic carbocycles. The summed E-state index contributed by atoms with van der Waals surface area (Å²) in [4.78, 5) is 12.4. The first-order valence-corrected chi connectivity index (χ1v) is 9.66. The van der Waals surface area contributed by atoms with Crippen molar-refractivity contribution in [1.29, 1.82) is 5.26 Å². The van der Waals surface area contributed by atoms with Crippen LogP contribution < -0.4 is 14.8 Å². The third kappa shape index (κ3) is 5.93. The Kier molecular flexibility index (Phi) is 6.91. The summed E-state index contributed by atoms with van der Waals surface area (Å²) in [7, 11) is 0. The highest BCUT2D eigenvalue weighted by Gasteiger charge is 2.31. The Balaban J connectivity index is 1.61. The number of hydrogen-bond donors (Lipinski definition) is 1. The fourth-order valence-electron chi connectivity index (χ4n) is 2.61. The summed E-state index contributed by atoms with van der Waals surface area (Å²) < 4.78 is 49.9. The summed E-state index contributed by atoms with van der Waals surface area (Å²) in [6.45, 7) is 1.46. The molecule has 0 fully saturated rings. The number of nitrogens with zero attached hydrogens (tertiary/aromatic N) is 1. The summed E-state index contributed by atoms with van der Waals surface area (Å²) in [5, 5.41) is 11.1. The van der Waals surface area contributed by atoms with Gasteiger partial charge in [0.05, 0.1) is 27.9 Å². The third-order valence-electron chi connectivity index (χ3n) is 4.28. The quantitative estimate of drug-likeness (QED) is 0.460. The lowest BCUT2D eigenvalue weighted by Crippen LogP contribution is -2.30. The minimum atomic E-state index is -4.56. The molecule has 0 saturated carbocycles. The maximum Gasteiger partial charge on any atom is 0.416 e. The highest BCUT2D eigenvalue weighted by Crippen LogP contribution is 2.34. The Morgan fingerprint density at radius 3 is 2.12 bits per heavy atom. The van der Waals surface area contributed by atoms with E-state index in [-0.39, 0.29) is 10.7 Å². The molecule has 0 aliphatic rings. The lowest BCUT2D eigenvalue weighted by atomic mass is 10.2. The molecule has 32 heavy (non-hydrogen) atoms. The van der Waals surface area contributed by atoms with E-state index < -0.39 is 23.8 Å². The van der Waals surface area contributed by atoms with Crippen molar-refractivity contribution in [3.63, 3.8) is 0 Å². The van der Waals surface area contributed by atoms with E-state index in [1.165, 1.54) is 6.92 Å². The number of rotatable bonds is 6. The average molecular weight is 461 g/mol. The number of alkyl halides is 3. The number of carbonyl (C=O) groups is 1. The largest absolute Gasteiger partial charge is 0.481 e. The topological polar surface area (TPSA) is 71.3 Å². The van der Waals surface area contributed by atoms with Crippen LogP contribution in [0.4, 0.5) is 18.9 Å². The van der Waals surface area contributed by atoms with Crippen molar-refractivity contribution in [3.8, 4) is 23.3 Å². The van der Waals surface area contributed by atoms with E-state index in [1.54, 1.807) is 48.5 Å². The third-order valence-corrected chi connectivity index (χ3v) is 4.61. The lowest BCUT2D eigenvalue weighted by molar-refractivity contribution is -0.137. The number of halogens is 4. The van der Waals surface area contributed by atoms with Crippen molar-refractivity contribution in [2.75, 3.05) is 5.32 Å². The van der Waals surface area contributed by atoms with Gasteiger partial charge in [0.15, 0.2) is 6.10 Å². The van der Waals surface area contributed by atoms with Gasteiger partial charge in [-0.2, -0.15) is 18.4 Å². The van der Waals surface area contributed by atoms with Crippen LogP contribution in [0.1, 0.15) is 18.1 Å². The second-order valence-corrected chi connectivity index (χ2v) is 7.06. The molecule has 3 aromatic carbocycles. The molecule has 1 unspecified atom stereocenters. The minimum absolute atomic E-state index is 0.0251. The van der Waals surface area contributed by atoms with Gasteiger partial charge in [-0.15, -0.1) is 0 Å². The summed E-state index contributed by atoms with van der Waals surface area (Å²) in [5.74, 6) is 0.748. The van der Waals surface area contributed by atoms with Crippen molar-refractivity contribution >= 4 is 23.2 Å². The molecule has 3 aromatic rings. The zero-order valence-corrected chi connectivity index (χ0v) is 17.4. The maximum absolute atomic E-state index is 12.9. The molecule has 164 valence electrons. The van der Waals surface area contributed by atoms with Crippen LogP contribution >= 0.6 is 11.6 Å². The number of nitriles is 1. The van der Waals surface area contributed by atoms with Crippen LogP contribution in [0.3, 0.4) is 0 Å². The normalized spacial score (nSPS) is 11.9. The molecule has 0 radical (unpaired) electrons. The molecule has 0 spiro atoms. The van der Waals surface area contributed by atoms with Crippen LogP contribution in [0, 0.1) is 11.3 Å². The second kappa shape index (κ2) is 9.62. The lowest BCUT2D eigenvalue weighted by Gasteiger charge is -2.16. The maximum atomic E-state index is 12.9. The van der Waals surface area contributed by atoms with Crippen LogP contribution in [0.25, 0.3) is 0 Å². The molecule has 1 amide bonds. The van der Waals surface area contributed by atoms with Gasteiger partial charge in [0.1, 0.15) is 17.2 Å². The van der Waals surface area contributed by atoms with Gasteiger partial charge in [0.25, 0.3) is 5.91 Å². The van der Waals surface area contributed by atoms with Gasteiger partial charge in [-0.1, -0.05) is 11.6 Å². The molecule has 0 heterocycles. The molecule has 0 bridgehead atoms. The molecule has 3 rings (SSSR count). The Hall–Kier alpha value is -3.70. The molecule has 0 aliphatic heterocycles. The van der Waals surface area contributed by atoms with Gasteiger partial charge >= 0.3 is 6.18 Å².